The summed E-state index contributed by atoms with van der Waals surface area (Å²) >= 11 is 0. The summed E-state index contributed by atoms with van der Waals surface area (Å²) in [6, 6.07) is 11.7. The van der Waals surface area contributed by atoms with E-state index in [-0.39, 0.29) is 17.7 Å². The van der Waals surface area contributed by atoms with Crippen molar-refractivity contribution >= 4 is 17.5 Å². The normalized spacial score (nSPS) is 11.6. The molecule has 144 valence electrons. The first kappa shape index (κ1) is 20.3. The number of amides is 2. The van der Waals surface area contributed by atoms with E-state index in [4.69, 9.17) is 9.47 Å². The molecule has 0 aromatic heterocycles. The molecule has 0 aliphatic heterocycles. The Morgan fingerprint density at radius 1 is 0.926 bits per heavy atom. The summed E-state index contributed by atoms with van der Waals surface area (Å²) in [4.78, 5) is 25.4. The number of ether oxygens (including phenoxy) is 2. The lowest BCUT2D eigenvalue weighted by molar-refractivity contribution is -0.118. The van der Waals surface area contributed by atoms with Gasteiger partial charge in [-0.1, -0.05) is 31.5 Å². The molecule has 0 saturated carbocycles. The number of aryl methyl sites for hydroxylation is 1. The number of nitrogens with one attached hydrogen (secondary N) is 2. The maximum absolute atomic E-state index is 12.7. The average Bonchev–Trinajstić information content (AvgIpc) is 2.66. The molecule has 0 bridgehead atoms. The van der Waals surface area contributed by atoms with Crippen molar-refractivity contribution in [3.05, 3.63) is 53.6 Å². The van der Waals surface area contributed by atoms with Crippen LogP contribution < -0.4 is 20.1 Å². The predicted molar refractivity (Wildman–Crippen MR) is 105 cm³/mol. The summed E-state index contributed by atoms with van der Waals surface area (Å²) in [6.07, 6.45) is 0. The van der Waals surface area contributed by atoms with Crippen molar-refractivity contribution < 1.29 is 19.1 Å². The largest absolute Gasteiger partial charge is 0.497 e. The number of benzene rings is 2. The summed E-state index contributed by atoms with van der Waals surface area (Å²) in [5.74, 6) is 0.281. The minimum Gasteiger partial charge on any atom is -0.497 e. The Bertz CT molecular complexity index is 778. The SMILES string of the molecule is COc1cc(OC)cc(C(=O)NC(C(=O)Nc2ccc(C)cc2)C(C)C)c1. The third-order valence-electron chi connectivity index (χ3n) is 4.17. The second-order valence-electron chi connectivity index (χ2n) is 6.65. The van der Waals surface area contributed by atoms with Gasteiger partial charge < -0.3 is 20.1 Å². The molecule has 2 aromatic carbocycles. The van der Waals surface area contributed by atoms with Crippen molar-refractivity contribution in [1.82, 2.24) is 5.32 Å². The number of rotatable bonds is 7. The monoisotopic (exact) mass is 370 g/mol. The van der Waals surface area contributed by atoms with Crippen LogP contribution in [-0.4, -0.2) is 32.1 Å². The van der Waals surface area contributed by atoms with E-state index in [1.807, 2.05) is 45.0 Å². The molecule has 0 fully saturated rings. The van der Waals surface area contributed by atoms with Crippen molar-refractivity contribution in [1.29, 1.82) is 0 Å². The Labute approximate surface area is 159 Å². The second-order valence-corrected chi connectivity index (χ2v) is 6.65. The van der Waals surface area contributed by atoms with E-state index < -0.39 is 6.04 Å². The summed E-state index contributed by atoms with van der Waals surface area (Å²) in [5, 5.41) is 5.65. The minimum atomic E-state index is -0.684. The molecule has 0 heterocycles. The van der Waals surface area contributed by atoms with Gasteiger partial charge in [0.15, 0.2) is 0 Å². The highest BCUT2D eigenvalue weighted by molar-refractivity contribution is 6.01. The van der Waals surface area contributed by atoms with Crippen molar-refractivity contribution in [2.45, 2.75) is 26.8 Å². The third kappa shape index (κ3) is 5.48. The van der Waals surface area contributed by atoms with Crippen LogP contribution in [0.1, 0.15) is 29.8 Å². The fraction of sp³-hybridized carbons (Fsp3) is 0.333. The average molecular weight is 370 g/mol. The van der Waals surface area contributed by atoms with E-state index in [9.17, 15) is 9.59 Å². The Morgan fingerprint density at radius 3 is 1.96 bits per heavy atom. The number of carbonyl (C=O) groups excluding carboxylic acids is 2. The number of carbonyl (C=O) groups is 2. The Morgan fingerprint density at radius 2 is 1.48 bits per heavy atom. The number of hydrogen-bond donors (Lipinski definition) is 2. The quantitative estimate of drug-likeness (QED) is 0.783. The molecule has 0 radical (unpaired) electrons. The van der Waals surface area contributed by atoms with E-state index in [0.29, 0.717) is 22.7 Å². The topological polar surface area (TPSA) is 76.7 Å². The highest BCUT2D eigenvalue weighted by Gasteiger charge is 2.25. The zero-order valence-corrected chi connectivity index (χ0v) is 16.3. The lowest BCUT2D eigenvalue weighted by Gasteiger charge is -2.22. The molecule has 2 aromatic rings. The van der Waals surface area contributed by atoms with E-state index in [0.717, 1.165) is 5.56 Å². The zero-order valence-electron chi connectivity index (χ0n) is 16.3. The molecule has 0 spiro atoms. The van der Waals surface area contributed by atoms with Gasteiger partial charge in [-0.15, -0.1) is 0 Å². The Hall–Kier alpha value is -3.02. The standard InChI is InChI=1S/C21H26N2O4/c1-13(2)19(21(25)22-16-8-6-14(3)7-9-16)23-20(24)15-10-17(26-4)12-18(11-15)27-5/h6-13,19H,1-5H3,(H,22,25)(H,23,24). The minimum absolute atomic E-state index is 0.0908. The molecule has 2 N–H and O–H groups in total. The summed E-state index contributed by atoms with van der Waals surface area (Å²) in [6.45, 7) is 5.74. The molecule has 1 atom stereocenters. The van der Waals surface area contributed by atoms with Crippen molar-refractivity contribution in [3.8, 4) is 11.5 Å². The molecular weight excluding hydrogens is 344 g/mol. The van der Waals surface area contributed by atoms with Gasteiger partial charge in [-0.2, -0.15) is 0 Å². The van der Waals surface area contributed by atoms with Crippen LogP contribution in [0.25, 0.3) is 0 Å². The summed E-state index contributed by atoms with van der Waals surface area (Å²) in [5.41, 5.74) is 2.15. The first-order valence-electron chi connectivity index (χ1n) is 8.75. The van der Waals surface area contributed by atoms with Gasteiger partial charge in [0.1, 0.15) is 17.5 Å². The highest BCUT2D eigenvalue weighted by atomic mass is 16.5. The predicted octanol–water partition coefficient (Wildman–Crippen LogP) is 3.41. The second kappa shape index (κ2) is 9.07. The Kier molecular flexibility index (Phi) is 6.82. The number of methoxy groups -OCH3 is 2. The molecule has 0 aliphatic carbocycles. The van der Waals surface area contributed by atoms with Gasteiger partial charge in [0.2, 0.25) is 5.91 Å². The molecule has 0 saturated heterocycles. The highest BCUT2D eigenvalue weighted by Crippen LogP contribution is 2.22. The van der Waals surface area contributed by atoms with Crippen LogP contribution in [0.15, 0.2) is 42.5 Å². The molecule has 0 aliphatic rings. The van der Waals surface area contributed by atoms with Crippen molar-refractivity contribution in [2.75, 3.05) is 19.5 Å². The van der Waals surface area contributed by atoms with Crippen LogP contribution in [0.3, 0.4) is 0 Å². The molecule has 6 nitrogen and oxygen atoms in total. The third-order valence-corrected chi connectivity index (χ3v) is 4.17. The fourth-order valence-electron chi connectivity index (χ4n) is 2.55. The van der Waals surface area contributed by atoms with Gasteiger partial charge >= 0.3 is 0 Å². The van der Waals surface area contributed by atoms with E-state index >= 15 is 0 Å². The molecule has 6 heteroatoms. The van der Waals surface area contributed by atoms with Crippen LogP contribution >= 0.6 is 0 Å². The maximum atomic E-state index is 12.7. The fourth-order valence-corrected chi connectivity index (χ4v) is 2.55. The first-order valence-corrected chi connectivity index (χ1v) is 8.75. The van der Waals surface area contributed by atoms with Gasteiger partial charge in [-0.3, -0.25) is 9.59 Å². The van der Waals surface area contributed by atoms with Crippen LogP contribution in [0.4, 0.5) is 5.69 Å². The molecule has 1 unspecified atom stereocenters. The van der Waals surface area contributed by atoms with Gasteiger partial charge in [-0.05, 0) is 37.1 Å². The summed E-state index contributed by atoms with van der Waals surface area (Å²) < 4.78 is 10.4. The van der Waals surface area contributed by atoms with E-state index in [1.165, 1.54) is 14.2 Å². The zero-order chi connectivity index (χ0) is 20.0. The Balaban J connectivity index is 2.16. The van der Waals surface area contributed by atoms with Gasteiger partial charge in [-0.25, -0.2) is 0 Å². The van der Waals surface area contributed by atoms with E-state index in [1.54, 1.807) is 18.2 Å². The van der Waals surface area contributed by atoms with Crippen LogP contribution in [0.5, 0.6) is 11.5 Å². The van der Waals surface area contributed by atoms with Gasteiger partial charge in [0.05, 0.1) is 14.2 Å². The van der Waals surface area contributed by atoms with Crippen LogP contribution in [0, 0.1) is 12.8 Å². The molecule has 27 heavy (non-hydrogen) atoms. The van der Waals surface area contributed by atoms with Crippen molar-refractivity contribution in [3.63, 3.8) is 0 Å². The number of hydrogen-bond acceptors (Lipinski definition) is 4. The molecule has 2 rings (SSSR count). The van der Waals surface area contributed by atoms with Crippen molar-refractivity contribution in [2.24, 2.45) is 5.92 Å². The molecule has 2 amide bonds. The number of anilines is 1. The van der Waals surface area contributed by atoms with Gasteiger partial charge in [0, 0.05) is 17.3 Å². The first-order chi connectivity index (χ1) is 12.8. The smallest absolute Gasteiger partial charge is 0.252 e. The lowest BCUT2D eigenvalue weighted by atomic mass is 10.0. The van der Waals surface area contributed by atoms with Crippen LogP contribution in [0.2, 0.25) is 0 Å². The lowest BCUT2D eigenvalue weighted by Crippen LogP contribution is -2.47. The van der Waals surface area contributed by atoms with Gasteiger partial charge in [0.25, 0.3) is 5.91 Å². The van der Waals surface area contributed by atoms with E-state index in [2.05, 4.69) is 10.6 Å². The van der Waals surface area contributed by atoms with Crippen LogP contribution in [-0.2, 0) is 4.79 Å². The maximum Gasteiger partial charge on any atom is 0.252 e. The molecular formula is C21H26N2O4. The summed E-state index contributed by atoms with van der Waals surface area (Å²) in [7, 11) is 3.03.